The Balaban J connectivity index is 1.74. The fraction of sp³-hybridized carbons (Fsp3) is 0.250. The van der Waals surface area contributed by atoms with Crippen LogP contribution in [0.5, 0.6) is 0 Å². The van der Waals surface area contributed by atoms with Crippen molar-refractivity contribution in [2.75, 3.05) is 7.05 Å². The average Bonchev–Trinajstić information content (AvgIpc) is 3.26. The molecule has 0 saturated carbocycles. The second kappa shape index (κ2) is 6.90. The van der Waals surface area contributed by atoms with E-state index in [4.69, 9.17) is 0 Å². The fourth-order valence-corrected chi connectivity index (χ4v) is 3.20. The molecule has 8 heteroatoms. The van der Waals surface area contributed by atoms with Crippen LogP contribution >= 0.6 is 11.3 Å². The molecule has 3 aromatic rings. The number of benzene rings is 1. The standard InChI is InChI=1S/C16H17N5O2S/c1-12(15-7-4-8-24-15)19(2)11-20-10-17-16(18-20)13-5-3-6-14(9-13)21(22)23/h3-10,12H,11H2,1-2H3/t12-/m1/s1. The van der Waals surface area contributed by atoms with E-state index in [9.17, 15) is 10.1 Å². The Morgan fingerprint density at radius 3 is 2.92 bits per heavy atom. The first-order chi connectivity index (χ1) is 11.5. The molecule has 0 bridgehead atoms. The summed E-state index contributed by atoms with van der Waals surface area (Å²) in [6.45, 7) is 2.73. The van der Waals surface area contributed by atoms with Crippen LogP contribution in [0.15, 0.2) is 48.1 Å². The third-order valence-electron chi connectivity index (χ3n) is 3.84. The van der Waals surface area contributed by atoms with Crippen LogP contribution in [-0.4, -0.2) is 31.6 Å². The van der Waals surface area contributed by atoms with E-state index in [2.05, 4.69) is 33.4 Å². The summed E-state index contributed by atoms with van der Waals surface area (Å²) in [5, 5.41) is 17.4. The molecule has 1 atom stereocenters. The van der Waals surface area contributed by atoms with Gasteiger partial charge < -0.3 is 0 Å². The van der Waals surface area contributed by atoms with Crippen molar-refractivity contribution in [2.24, 2.45) is 0 Å². The molecule has 2 heterocycles. The third kappa shape index (κ3) is 3.50. The van der Waals surface area contributed by atoms with Crippen LogP contribution in [0.4, 0.5) is 5.69 Å². The lowest BCUT2D eigenvalue weighted by Gasteiger charge is -2.23. The Bertz CT molecular complexity index is 831. The van der Waals surface area contributed by atoms with E-state index in [1.807, 2.05) is 13.1 Å². The highest BCUT2D eigenvalue weighted by Crippen LogP contribution is 2.24. The first-order valence-corrected chi connectivity index (χ1v) is 8.30. The number of hydrogen-bond donors (Lipinski definition) is 0. The molecule has 0 aliphatic carbocycles. The molecule has 7 nitrogen and oxygen atoms in total. The molecule has 0 unspecified atom stereocenters. The number of thiophene rings is 1. The van der Waals surface area contributed by atoms with Crippen molar-refractivity contribution in [2.45, 2.75) is 19.6 Å². The molecular formula is C16H17N5O2S. The van der Waals surface area contributed by atoms with Gasteiger partial charge in [0.15, 0.2) is 5.82 Å². The molecule has 2 aromatic heterocycles. The maximum Gasteiger partial charge on any atom is 0.270 e. The Morgan fingerprint density at radius 1 is 1.38 bits per heavy atom. The maximum absolute atomic E-state index is 10.9. The van der Waals surface area contributed by atoms with Gasteiger partial charge in [0.05, 0.1) is 11.6 Å². The SMILES string of the molecule is C[C@H](c1cccs1)N(C)Cn1cnc(-c2cccc([N+](=O)[O-])c2)n1. The van der Waals surface area contributed by atoms with Crippen molar-refractivity contribution in [3.8, 4) is 11.4 Å². The minimum Gasteiger partial charge on any atom is -0.280 e. The van der Waals surface area contributed by atoms with Crippen LogP contribution in [0, 0.1) is 10.1 Å². The third-order valence-corrected chi connectivity index (χ3v) is 4.88. The minimum absolute atomic E-state index is 0.0345. The number of nitro benzene ring substituents is 1. The molecule has 0 aliphatic rings. The Hall–Kier alpha value is -2.58. The quantitative estimate of drug-likeness (QED) is 0.505. The minimum atomic E-state index is -0.420. The number of nitro groups is 1. The number of rotatable bonds is 6. The summed E-state index contributed by atoms with van der Waals surface area (Å²) in [5.41, 5.74) is 0.671. The smallest absolute Gasteiger partial charge is 0.270 e. The largest absolute Gasteiger partial charge is 0.280 e. The number of nitrogens with zero attached hydrogens (tertiary/aromatic N) is 5. The van der Waals surface area contributed by atoms with E-state index in [0.717, 1.165) is 0 Å². The molecular weight excluding hydrogens is 326 g/mol. The highest BCUT2D eigenvalue weighted by atomic mass is 32.1. The lowest BCUT2D eigenvalue weighted by molar-refractivity contribution is -0.384. The Kier molecular flexibility index (Phi) is 4.68. The summed E-state index contributed by atoms with van der Waals surface area (Å²) < 4.78 is 1.73. The highest BCUT2D eigenvalue weighted by Gasteiger charge is 2.15. The van der Waals surface area contributed by atoms with E-state index in [1.54, 1.807) is 34.5 Å². The number of aromatic nitrogens is 3. The molecule has 0 fully saturated rings. The summed E-state index contributed by atoms with van der Waals surface area (Å²) in [7, 11) is 2.03. The summed E-state index contributed by atoms with van der Waals surface area (Å²) >= 11 is 1.73. The van der Waals surface area contributed by atoms with Crippen LogP contribution in [0.3, 0.4) is 0 Å². The zero-order chi connectivity index (χ0) is 17.1. The normalized spacial score (nSPS) is 12.5. The summed E-state index contributed by atoms with van der Waals surface area (Å²) in [6.07, 6.45) is 1.64. The van der Waals surface area contributed by atoms with Gasteiger partial charge in [-0.15, -0.1) is 16.4 Å². The van der Waals surface area contributed by atoms with E-state index in [1.165, 1.54) is 17.0 Å². The molecule has 0 aliphatic heterocycles. The van der Waals surface area contributed by atoms with Gasteiger partial charge in [-0.25, -0.2) is 9.67 Å². The molecule has 24 heavy (non-hydrogen) atoms. The first kappa shape index (κ1) is 16.3. The Morgan fingerprint density at radius 2 is 2.21 bits per heavy atom. The zero-order valence-corrected chi connectivity index (χ0v) is 14.2. The van der Waals surface area contributed by atoms with Gasteiger partial charge in [0.25, 0.3) is 5.69 Å². The van der Waals surface area contributed by atoms with Crippen molar-refractivity contribution in [1.29, 1.82) is 0 Å². The van der Waals surface area contributed by atoms with Crippen molar-refractivity contribution < 1.29 is 4.92 Å². The summed E-state index contributed by atoms with van der Waals surface area (Å²) in [5.74, 6) is 0.482. The molecule has 0 spiro atoms. The van der Waals surface area contributed by atoms with Crippen LogP contribution in [-0.2, 0) is 6.67 Å². The fourth-order valence-electron chi connectivity index (χ4n) is 2.35. The maximum atomic E-state index is 10.9. The van der Waals surface area contributed by atoms with E-state index in [0.29, 0.717) is 18.1 Å². The Labute approximate surface area is 143 Å². The van der Waals surface area contributed by atoms with Crippen LogP contribution in [0.25, 0.3) is 11.4 Å². The summed E-state index contributed by atoms with van der Waals surface area (Å²) in [6, 6.07) is 10.8. The molecule has 124 valence electrons. The molecule has 3 rings (SSSR count). The van der Waals surface area contributed by atoms with Gasteiger partial charge in [-0.3, -0.25) is 15.0 Å². The molecule has 0 saturated heterocycles. The van der Waals surface area contributed by atoms with Crippen molar-refractivity contribution in [1.82, 2.24) is 19.7 Å². The second-order valence-corrected chi connectivity index (χ2v) is 6.48. The van der Waals surface area contributed by atoms with Crippen LogP contribution in [0.1, 0.15) is 17.8 Å². The van der Waals surface area contributed by atoms with Gasteiger partial charge in [-0.05, 0) is 25.4 Å². The predicted octanol–water partition coefficient (Wildman–Crippen LogP) is 3.57. The molecule has 1 aromatic carbocycles. The predicted molar refractivity (Wildman–Crippen MR) is 92.6 cm³/mol. The zero-order valence-electron chi connectivity index (χ0n) is 13.4. The van der Waals surface area contributed by atoms with Crippen molar-refractivity contribution in [3.63, 3.8) is 0 Å². The van der Waals surface area contributed by atoms with Gasteiger partial charge in [0.2, 0.25) is 0 Å². The average molecular weight is 343 g/mol. The van der Waals surface area contributed by atoms with Crippen molar-refractivity contribution in [3.05, 3.63) is 63.1 Å². The molecule has 0 radical (unpaired) electrons. The van der Waals surface area contributed by atoms with Crippen LogP contribution < -0.4 is 0 Å². The molecule has 0 amide bonds. The lowest BCUT2D eigenvalue weighted by Crippen LogP contribution is -2.25. The van der Waals surface area contributed by atoms with Gasteiger partial charge in [-0.2, -0.15) is 0 Å². The van der Waals surface area contributed by atoms with E-state index in [-0.39, 0.29) is 11.7 Å². The van der Waals surface area contributed by atoms with E-state index >= 15 is 0 Å². The van der Waals surface area contributed by atoms with E-state index < -0.39 is 4.92 Å². The van der Waals surface area contributed by atoms with Crippen molar-refractivity contribution >= 4 is 17.0 Å². The summed E-state index contributed by atoms with van der Waals surface area (Å²) in [4.78, 5) is 18.2. The highest BCUT2D eigenvalue weighted by molar-refractivity contribution is 7.10. The van der Waals surface area contributed by atoms with Gasteiger partial charge in [0, 0.05) is 28.6 Å². The van der Waals surface area contributed by atoms with Crippen LogP contribution in [0.2, 0.25) is 0 Å². The van der Waals surface area contributed by atoms with Gasteiger partial charge in [-0.1, -0.05) is 18.2 Å². The first-order valence-electron chi connectivity index (χ1n) is 7.42. The lowest BCUT2D eigenvalue weighted by atomic mass is 10.2. The monoisotopic (exact) mass is 343 g/mol. The van der Waals surface area contributed by atoms with Gasteiger partial charge >= 0.3 is 0 Å². The topological polar surface area (TPSA) is 77.1 Å². The second-order valence-electron chi connectivity index (χ2n) is 5.50. The number of hydrogen-bond acceptors (Lipinski definition) is 6. The van der Waals surface area contributed by atoms with Gasteiger partial charge in [0.1, 0.15) is 6.33 Å². The molecule has 0 N–H and O–H groups in total. The number of non-ortho nitro benzene ring substituents is 1.